The maximum Gasteiger partial charge on any atom is 0.276 e. The van der Waals surface area contributed by atoms with E-state index in [1.165, 1.54) is 0 Å². The number of hydrogen-bond donors (Lipinski definition) is 2. The van der Waals surface area contributed by atoms with Crippen LogP contribution in [0.3, 0.4) is 0 Å². The predicted octanol–water partition coefficient (Wildman–Crippen LogP) is 3.73. The summed E-state index contributed by atoms with van der Waals surface area (Å²) in [5, 5.41) is 17.9. The monoisotopic (exact) mass is 343 g/mol. The van der Waals surface area contributed by atoms with Crippen molar-refractivity contribution in [3.63, 3.8) is 0 Å². The van der Waals surface area contributed by atoms with Gasteiger partial charge in [-0.3, -0.25) is 4.79 Å². The van der Waals surface area contributed by atoms with E-state index in [1.54, 1.807) is 37.3 Å². The highest BCUT2D eigenvalue weighted by atomic mass is 35.5. The fourth-order valence-corrected chi connectivity index (χ4v) is 2.12. The van der Waals surface area contributed by atoms with Crippen LogP contribution in [0.15, 0.2) is 40.9 Å². The van der Waals surface area contributed by atoms with E-state index in [-0.39, 0.29) is 11.6 Å². The average molecular weight is 344 g/mol. The van der Waals surface area contributed by atoms with Crippen LogP contribution in [0.1, 0.15) is 21.8 Å². The van der Waals surface area contributed by atoms with E-state index in [0.29, 0.717) is 28.1 Å². The van der Waals surface area contributed by atoms with Gasteiger partial charge in [0.15, 0.2) is 17.3 Å². The predicted molar refractivity (Wildman–Crippen MR) is 90.7 cm³/mol. The number of carbonyl (C=O) groups excluding carboxylic acids is 1. The van der Waals surface area contributed by atoms with Crippen LogP contribution in [0.4, 0.5) is 17.3 Å². The van der Waals surface area contributed by atoms with E-state index in [2.05, 4.69) is 26.0 Å². The van der Waals surface area contributed by atoms with Crippen LogP contribution in [-0.4, -0.2) is 21.3 Å². The summed E-state index contributed by atoms with van der Waals surface area (Å²) < 4.78 is 4.95. The number of benzene rings is 1. The first-order valence-electron chi connectivity index (χ1n) is 7.13. The normalized spacial score (nSPS) is 10.5. The molecule has 8 heteroatoms. The fraction of sp³-hybridized carbons (Fsp3) is 0.125. The van der Waals surface area contributed by atoms with Gasteiger partial charge in [0.25, 0.3) is 5.91 Å². The second-order valence-electron chi connectivity index (χ2n) is 5.17. The van der Waals surface area contributed by atoms with E-state index >= 15 is 0 Å². The quantitative estimate of drug-likeness (QED) is 0.749. The van der Waals surface area contributed by atoms with Crippen molar-refractivity contribution in [1.82, 2.24) is 15.4 Å². The van der Waals surface area contributed by atoms with Crippen molar-refractivity contribution in [3.05, 3.63) is 58.4 Å². The first kappa shape index (κ1) is 15.9. The summed E-state index contributed by atoms with van der Waals surface area (Å²) >= 11 is 6.04. The Morgan fingerprint density at radius 2 is 1.92 bits per heavy atom. The highest BCUT2D eigenvalue weighted by Crippen LogP contribution is 2.20. The van der Waals surface area contributed by atoms with Crippen molar-refractivity contribution in [1.29, 1.82) is 0 Å². The summed E-state index contributed by atoms with van der Waals surface area (Å²) in [5.41, 5.74) is 1.72. The Balaban J connectivity index is 1.68. The molecule has 2 N–H and O–H groups in total. The van der Waals surface area contributed by atoms with Crippen molar-refractivity contribution >= 4 is 34.8 Å². The summed E-state index contributed by atoms with van der Waals surface area (Å²) in [6.45, 7) is 3.68. The molecular formula is C16H14ClN5O2. The molecule has 3 aromatic rings. The van der Waals surface area contributed by atoms with Gasteiger partial charge in [-0.05, 0) is 43.7 Å². The number of rotatable bonds is 4. The summed E-state index contributed by atoms with van der Waals surface area (Å²) in [6, 6.07) is 10.2. The van der Waals surface area contributed by atoms with Gasteiger partial charge < -0.3 is 15.2 Å². The molecule has 0 saturated heterocycles. The second kappa shape index (κ2) is 6.67. The Kier molecular flexibility index (Phi) is 4.43. The Morgan fingerprint density at radius 3 is 2.54 bits per heavy atom. The lowest BCUT2D eigenvalue weighted by atomic mass is 10.2. The van der Waals surface area contributed by atoms with Crippen LogP contribution < -0.4 is 10.6 Å². The topological polar surface area (TPSA) is 92.9 Å². The lowest BCUT2D eigenvalue weighted by molar-refractivity contribution is 0.102. The van der Waals surface area contributed by atoms with Crippen LogP contribution in [0.5, 0.6) is 0 Å². The third kappa shape index (κ3) is 3.69. The van der Waals surface area contributed by atoms with Gasteiger partial charge >= 0.3 is 0 Å². The van der Waals surface area contributed by atoms with Gasteiger partial charge in [0.2, 0.25) is 0 Å². The summed E-state index contributed by atoms with van der Waals surface area (Å²) in [7, 11) is 0. The lowest BCUT2D eigenvalue weighted by Crippen LogP contribution is -2.14. The molecule has 0 fully saturated rings. The highest BCUT2D eigenvalue weighted by Gasteiger charge is 2.10. The van der Waals surface area contributed by atoms with Crippen molar-refractivity contribution in [3.8, 4) is 0 Å². The molecule has 3 rings (SSSR count). The molecule has 122 valence electrons. The minimum Gasteiger partial charge on any atom is -0.360 e. The molecule has 1 amide bonds. The molecule has 2 heterocycles. The summed E-state index contributed by atoms with van der Waals surface area (Å²) in [6.07, 6.45) is 0. The van der Waals surface area contributed by atoms with E-state index in [0.717, 1.165) is 5.56 Å². The number of hydrogen-bond acceptors (Lipinski definition) is 6. The zero-order chi connectivity index (χ0) is 17.1. The number of aromatic nitrogens is 3. The van der Waals surface area contributed by atoms with Crippen LogP contribution in [0, 0.1) is 13.8 Å². The average Bonchev–Trinajstić information content (AvgIpc) is 2.96. The van der Waals surface area contributed by atoms with Crippen molar-refractivity contribution < 1.29 is 9.32 Å². The molecule has 0 saturated carbocycles. The first-order valence-corrected chi connectivity index (χ1v) is 7.50. The molecule has 0 aliphatic carbocycles. The van der Waals surface area contributed by atoms with E-state index < -0.39 is 0 Å². The minimum absolute atomic E-state index is 0.189. The lowest BCUT2D eigenvalue weighted by Gasteiger charge is -2.06. The Hall–Kier alpha value is -2.93. The van der Waals surface area contributed by atoms with Crippen molar-refractivity contribution in [2.75, 3.05) is 10.6 Å². The number of nitrogens with zero attached hydrogens (tertiary/aromatic N) is 3. The molecule has 0 radical (unpaired) electrons. The van der Waals surface area contributed by atoms with E-state index in [1.807, 2.05) is 13.0 Å². The number of amides is 1. The largest absolute Gasteiger partial charge is 0.360 e. The maximum atomic E-state index is 12.2. The second-order valence-corrected chi connectivity index (χ2v) is 5.58. The number of nitrogens with one attached hydrogen (secondary N) is 2. The van der Waals surface area contributed by atoms with Crippen molar-refractivity contribution in [2.45, 2.75) is 13.8 Å². The molecule has 0 spiro atoms. The van der Waals surface area contributed by atoms with Gasteiger partial charge in [0.05, 0.1) is 0 Å². The van der Waals surface area contributed by atoms with Gasteiger partial charge in [-0.2, -0.15) is 0 Å². The van der Waals surface area contributed by atoms with Crippen LogP contribution in [0.2, 0.25) is 5.02 Å². The van der Waals surface area contributed by atoms with Crippen LogP contribution in [0.25, 0.3) is 0 Å². The molecular weight excluding hydrogens is 330 g/mol. The Bertz CT molecular complexity index is 876. The molecule has 7 nitrogen and oxygen atoms in total. The number of halogens is 1. The van der Waals surface area contributed by atoms with Gasteiger partial charge in [-0.25, -0.2) is 0 Å². The third-order valence-electron chi connectivity index (χ3n) is 3.21. The highest BCUT2D eigenvalue weighted by molar-refractivity contribution is 6.31. The summed E-state index contributed by atoms with van der Waals surface area (Å²) in [5.74, 6) is 1.29. The molecule has 0 bridgehead atoms. The smallest absolute Gasteiger partial charge is 0.276 e. The minimum atomic E-state index is -0.369. The third-order valence-corrected chi connectivity index (χ3v) is 3.62. The molecule has 0 unspecified atom stereocenters. The zero-order valence-electron chi connectivity index (χ0n) is 13.0. The maximum absolute atomic E-state index is 12.2. The standard InChI is InChI=1S/C16H14ClN5O2/c1-9-3-4-11(8-12(9)17)18-16(23)13-5-6-14(21-20-13)19-15-7-10(2)24-22-15/h3-8H,1-2H3,(H,18,23)(H,19,21,22). The zero-order valence-corrected chi connectivity index (χ0v) is 13.8. The Labute approximate surface area is 143 Å². The molecule has 0 atom stereocenters. The van der Waals surface area contributed by atoms with E-state index in [9.17, 15) is 4.79 Å². The number of aryl methyl sites for hydroxylation is 2. The Morgan fingerprint density at radius 1 is 1.08 bits per heavy atom. The van der Waals surface area contributed by atoms with E-state index in [4.69, 9.17) is 16.1 Å². The van der Waals surface area contributed by atoms with Gasteiger partial charge in [-0.1, -0.05) is 22.8 Å². The van der Waals surface area contributed by atoms with Gasteiger partial charge in [0, 0.05) is 16.8 Å². The van der Waals surface area contributed by atoms with Gasteiger partial charge in [-0.15, -0.1) is 10.2 Å². The first-order chi connectivity index (χ1) is 11.5. The SMILES string of the molecule is Cc1cc(Nc2ccc(C(=O)Nc3ccc(C)c(Cl)c3)nn2)no1. The fourth-order valence-electron chi connectivity index (χ4n) is 1.94. The molecule has 0 aliphatic heterocycles. The van der Waals surface area contributed by atoms with Crippen LogP contribution in [-0.2, 0) is 0 Å². The molecule has 0 aliphatic rings. The number of anilines is 3. The molecule has 24 heavy (non-hydrogen) atoms. The molecule has 1 aromatic carbocycles. The summed E-state index contributed by atoms with van der Waals surface area (Å²) in [4.78, 5) is 12.2. The van der Waals surface area contributed by atoms with Crippen molar-refractivity contribution in [2.24, 2.45) is 0 Å². The molecule has 2 aromatic heterocycles. The van der Waals surface area contributed by atoms with Crippen LogP contribution >= 0.6 is 11.6 Å². The number of carbonyl (C=O) groups is 1. The van der Waals surface area contributed by atoms with Gasteiger partial charge in [0.1, 0.15) is 5.76 Å².